The highest BCUT2D eigenvalue weighted by Crippen LogP contribution is 2.09. The summed E-state index contributed by atoms with van der Waals surface area (Å²) in [6.07, 6.45) is 1.60. The van der Waals surface area contributed by atoms with Gasteiger partial charge < -0.3 is 4.74 Å². The van der Waals surface area contributed by atoms with Crippen LogP contribution in [0, 0.1) is 0 Å². The summed E-state index contributed by atoms with van der Waals surface area (Å²) in [5.74, 6) is 0. The van der Waals surface area contributed by atoms with Gasteiger partial charge in [0.2, 0.25) is 0 Å². The summed E-state index contributed by atoms with van der Waals surface area (Å²) < 4.78 is 7.54. The minimum atomic E-state index is -0.165. The number of fused-ring (bicyclic) bond motifs is 1. The predicted octanol–water partition coefficient (Wildman–Crippen LogP) is 0.214. The van der Waals surface area contributed by atoms with Gasteiger partial charge in [0.25, 0.3) is 0 Å². The summed E-state index contributed by atoms with van der Waals surface area (Å²) in [7, 11) is 0. The summed E-state index contributed by atoms with van der Waals surface area (Å²) in [6.45, 7) is 4.76. The van der Waals surface area contributed by atoms with E-state index in [1.807, 2.05) is 0 Å². The van der Waals surface area contributed by atoms with Gasteiger partial charge in [-0.15, -0.1) is 0 Å². The normalized spacial score (nSPS) is 17.1. The number of nitrogens with zero attached hydrogens (tertiary/aromatic N) is 4. The molecular weight excluding hydrogens is 314 g/mol. The van der Waals surface area contributed by atoms with Crippen molar-refractivity contribution in [3.63, 3.8) is 0 Å². The third-order valence-electron chi connectivity index (χ3n) is 3.19. The second-order valence-electron chi connectivity index (χ2n) is 4.40. The van der Waals surface area contributed by atoms with E-state index in [9.17, 15) is 4.79 Å². The molecule has 2 aromatic rings. The Bertz CT molecular complexity index is 632. The van der Waals surface area contributed by atoms with E-state index in [0.717, 1.165) is 32.8 Å². The number of hydrogen-bond acceptors (Lipinski definition) is 5. The van der Waals surface area contributed by atoms with Gasteiger partial charge in [-0.1, -0.05) is 0 Å². The summed E-state index contributed by atoms with van der Waals surface area (Å²) in [5.41, 5.74) is 0.948. The molecule has 0 saturated carbocycles. The number of halogens is 1. The minimum absolute atomic E-state index is 0.165. The van der Waals surface area contributed by atoms with Crippen molar-refractivity contribution in [1.82, 2.24) is 24.4 Å². The number of morpholine rings is 1. The van der Waals surface area contributed by atoms with Crippen LogP contribution >= 0.6 is 15.9 Å². The Morgan fingerprint density at radius 1 is 1.37 bits per heavy atom. The Hall–Kier alpha value is -1.25. The largest absolute Gasteiger partial charge is 0.379 e. The lowest BCUT2D eigenvalue weighted by Crippen LogP contribution is -2.39. The average Bonchev–Trinajstić information content (AvgIpc) is 2.72. The highest BCUT2D eigenvalue weighted by Gasteiger charge is 2.13. The van der Waals surface area contributed by atoms with Crippen molar-refractivity contribution < 1.29 is 4.74 Å². The zero-order chi connectivity index (χ0) is 13.2. The number of nitrogens with one attached hydrogen (secondary N) is 1. The zero-order valence-corrected chi connectivity index (χ0v) is 11.9. The maximum Gasteiger partial charge on any atom is 0.328 e. The maximum atomic E-state index is 11.9. The monoisotopic (exact) mass is 327 g/mol. The summed E-state index contributed by atoms with van der Waals surface area (Å²) >= 11 is 3.24. The van der Waals surface area contributed by atoms with Crippen LogP contribution in [0.1, 0.15) is 0 Å². The van der Waals surface area contributed by atoms with Gasteiger partial charge >= 0.3 is 5.69 Å². The lowest BCUT2D eigenvalue weighted by molar-refractivity contribution is 0.0364. The van der Waals surface area contributed by atoms with Crippen LogP contribution in [0.5, 0.6) is 0 Å². The van der Waals surface area contributed by atoms with Gasteiger partial charge in [-0.05, 0) is 15.9 Å². The Balaban J connectivity index is 1.80. The molecule has 0 unspecified atom stereocenters. The van der Waals surface area contributed by atoms with Crippen LogP contribution in [0.2, 0.25) is 0 Å². The van der Waals surface area contributed by atoms with Gasteiger partial charge in [0.15, 0.2) is 11.3 Å². The second kappa shape index (κ2) is 5.40. The molecule has 102 valence electrons. The minimum Gasteiger partial charge on any atom is -0.379 e. The molecule has 8 heteroatoms. The van der Waals surface area contributed by atoms with E-state index < -0.39 is 0 Å². The fourth-order valence-electron chi connectivity index (χ4n) is 2.18. The molecule has 0 atom stereocenters. The van der Waals surface area contributed by atoms with Crippen molar-refractivity contribution in [2.45, 2.75) is 6.54 Å². The number of aromatic nitrogens is 4. The second-order valence-corrected chi connectivity index (χ2v) is 5.21. The van der Waals surface area contributed by atoms with Crippen molar-refractivity contribution in [2.75, 3.05) is 32.8 Å². The van der Waals surface area contributed by atoms with Crippen molar-refractivity contribution in [3.05, 3.63) is 21.3 Å². The van der Waals surface area contributed by atoms with Crippen LogP contribution in [0.3, 0.4) is 0 Å². The average molecular weight is 328 g/mol. The zero-order valence-electron chi connectivity index (χ0n) is 10.3. The molecule has 1 saturated heterocycles. The topological polar surface area (TPSA) is 76.0 Å². The number of hydrogen-bond donors (Lipinski definition) is 1. The fourth-order valence-corrected chi connectivity index (χ4v) is 2.46. The van der Waals surface area contributed by atoms with Gasteiger partial charge in [0.05, 0.1) is 19.4 Å². The van der Waals surface area contributed by atoms with E-state index in [2.05, 4.69) is 35.8 Å². The van der Waals surface area contributed by atoms with Gasteiger partial charge in [-0.3, -0.25) is 14.5 Å². The lowest BCUT2D eigenvalue weighted by Gasteiger charge is -2.26. The molecule has 1 aliphatic rings. The smallest absolute Gasteiger partial charge is 0.328 e. The maximum absolute atomic E-state index is 11.9. The van der Waals surface area contributed by atoms with Crippen LogP contribution in [0.4, 0.5) is 0 Å². The SMILES string of the molecule is O=c1[nH]c2nc(Br)cnc2n1CCN1CCOCC1. The Kier molecular flexibility index (Phi) is 3.63. The number of rotatable bonds is 3. The molecule has 2 aromatic heterocycles. The predicted molar refractivity (Wildman–Crippen MR) is 73.1 cm³/mol. The first kappa shape index (κ1) is 12.8. The Morgan fingerprint density at radius 3 is 2.95 bits per heavy atom. The molecule has 1 N–H and O–H groups in total. The molecule has 0 radical (unpaired) electrons. The van der Waals surface area contributed by atoms with Crippen molar-refractivity contribution in [3.8, 4) is 0 Å². The molecule has 7 nitrogen and oxygen atoms in total. The third-order valence-corrected chi connectivity index (χ3v) is 3.58. The van der Waals surface area contributed by atoms with E-state index >= 15 is 0 Å². The molecule has 0 spiro atoms. The van der Waals surface area contributed by atoms with Crippen LogP contribution in [0.25, 0.3) is 11.3 Å². The fraction of sp³-hybridized carbons (Fsp3) is 0.545. The molecular formula is C11H14BrN5O2. The third kappa shape index (κ3) is 2.70. The molecule has 0 aliphatic carbocycles. The first-order valence-corrected chi connectivity index (χ1v) is 6.94. The molecule has 1 fully saturated rings. The van der Waals surface area contributed by atoms with Gasteiger partial charge in [-0.25, -0.2) is 14.8 Å². The molecule has 1 aliphatic heterocycles. The van der Waals surface area contributed by atoms with Crippen molar-refractivity contribution in [1.29, 1.82) is 0 Å². The number of aromatic amines is 1. The summed E-state index contributed by atoms with van der Waals surface area (Å²) in [5, 5.41) is 0. The van der Waals surface area contributed by atoms with E-state index in [1.165, 1.54) is 0 Å². The first-order valence-electron chi connectivity index (χ1n) is 6.15. The number of ether oxygens (including phenoxy) is 1. The van der Waals surface area contributed by atoms with E-state index in [1.54, 1.807) is 10.8 Å². The van der Waals surface area contributed by atoms with Gasteiger partial charge in [0, 0.05) is 26.2 Å². The molecule has 0 bridgehead atoms. The lowest BCUT2D eigenvalue weighted by atomic mass is 10.4. The van der Waals surface area contributed by atoms with Crippen molar-refractivity contribution >= 4 is 27.2 Å². The molecule has 3 heterocycles. The van der Waals surface area contributed by atoms with Crippen molar-refractivity contribution in [2.24, 2.45) is 0 Å². The molecule has 19 heavy (non-hydrogen) atoms. The van der Waals surface area contributed by atoms with Gasteiger partial charge in [0.1, 0.15) is 4.60 Å². The summed E-state index contributed by atoms with van der Waals surface area (Å²) in [6, 6.07) is 0. The number of H-pyrrole nitrogens is 1. The number of imidazole rings is 1. The van der Waals surface area contributed by atoms with E-state index in [4.69, 9.17) is 4.74 Å². The quantitative estimate of drug-likeness (QED) is 0.872. The summed E-state index contributed by atoms with van der Waals surface area (Å²) in [4.78, 5) is 25.3. The molecule has 3 rings (SSSR count). The van der Waals surface area contributed by atoms with E-state index in [-0.39, 0.29) is 5.69 Å². The first-order chi connectivity index (χ1) is 9.24. The molecule has 0 amide bonds. The van der Waals surface area contributed by atoms with E-state index in [0.29, 0.717) is 22.4 Å². The van der Waals surface area contributed by atoms with Gasteiger partial charge in [-0.2, -0.15) is 0 Å². The van der Waals surface area contributed by atoms with Crippen LogP contribution in [0.15, 0.2) is 15.6 Å². The Morgan fingerprint density at radius 2 is 2.16 bits per heavy atom. The van der Waals surface area contributed by atoms with Crippen LogP contribution in [-0.4, -0.2) is 57.3 Å². The van der Waals surface area contributed by atoms with Crippen LogP contribution < -0.4 is 5.69 Å². The molecule has 0 aromatic carbocycles. The highest BCUT2D eigenvalue weighted by molar-refractivity contribution is 9.10. The standard InChI is InChI=1S/C11H14BrN5O2/c12-8-7-13-10-9(14-8)15-11(18)17(10)2-1-16-3-5-19-6-4-16/h7H,1-6H2,(H,14,15,18). The van der Waals surface area contributed by atoms with Crippen LogP contribution in [-0.2, 0) is 11.3 Å². The Labute approximate surface area is 117 Å². The highest BCUT2D eigenvalue weighted by atomic mass is 79.9.